The van der Waals surface area contributed by atoms with Crippen LogP contribution in [0.1, 0.15) is 45.1 Å². The van der Waals surface area contributed by atoms with Crippen LogP contribution in [-0.2, 0) is 6.42 Å². The summed E-state index contributed by atoms with van der Waals surface area (Å²) in [6.07, 6.45) is 6.39. The number of aliphatic hydroxyl groups is 1. The Bertz CT molecular complexity index is 418. The number of rotatable bonds is 7. The Balaban J connectivity index is 2.05. The monoisotopic (exact) mass is 264 g/mol. The summed E-state index contributed by atoms with van der Waals surface area (Å²) in [5.74, 6) is 1.75. The van der Waals surface area contributed by atoms with Crippen molar-refractivity contribution in [2.75, 3.05) is 23.7 Å². The van der Waals surface area contributed by atoms with Crippen LogP contribution in [0.15, 0.2) is 6.33 Å². The number of aromatic nitrogens is 2. The van der Waals surface area contributed by atoms with Gasteiger partial charge in [-0.15, -0.1) is 0 Å². The fourth-order valence-electron chi connectivity index (χ4n) is 2.31. The van der Waals surface area contributed by atoms with Gasteiger partial charge in [-0.1, -0.05) is 13.8 Å². The molecule has 0 aliphatic heterocycles. The third kappa shape index (κ3) is 3.35. The van der Waals surface area contributed by atoms with Crippen molar-refractivity contribution in [1.82, 2.24) is 9.97 Å². The Morgan fingerprint density at radius 3 is 2.42 bits per heavy atom. The summed E-state index contributed by atoms with van der Waals surface area (Å²) in [6.45, 7) is 5.71. The lowest BCUT2D eigenvalue weighted by molar-refractivity contribution is -0.0202. The van der Waals surface area contributed by atoms with Gasteiger partial charge in [-0.3, -0.25) is 0 Å². The van der Waals surface area contributed by atoms with E-state index in [1.54, 1.807) is 6.33 Å². The van der Waals surface area contributed by atoms with Gasteiger partial charge in [-0.2, -0.15) is 0 Å². The molecule has 106 valence electrons. The largest absolute Gasteiger partial charge is 0.388 e. The maximum Gasteiger partial charge on any atom is 0.134 e. The molecule has 1 fully saturated rings. The molecule has 0 radical (unpaired) electrons. The van der Waals surface area contributed by atoms with Crippen LogP contribution in [-0.4, -0.2) is 33.8 Å². The minimum absolute atomic E-state index is 0.535. The van der Waals surface area contributed by atoms with Crippen LogP contribution in [0.25, 0.3) is 0 Å². The molecule has 19 heavy (non-hydrogen) atoms. The molecule has 1 aliphatic rings. The molecule has 0 atom stereocenters. The molecule has 5 nitrogen and oxygen atoms in total. The summed E-state index contributed by atoms with van der Waals surface area (Å²) >= 11 is 0. The molecule has 0 saturated heterocycles. The van der Waals surface area contributed by atoms with Crippen molar-refractivity contribution >= 4 is 11.6 Å². The standard InChI is InChI=1S/C14H24N4O/c1-3-8-15-12-11(4-2)13(18-10-17-12)16-9-14(19)6-5-7-14/h10,19H,3-9H2,1-2H3,(H2,15,16,17,18). The van der Waals surface area contributed by atoms with Gasteiger partial charge >= 0.3 is 0 Å². The zero-order chi connectivity index (χ0) is 13.7. The Hall–Kier alpha value is -1.36. The van der Waals surface area contributed by atoms with Crippen LogP contribution in [0.2, 0.25) is 0 Å². The first-order valence-corrected chi connectivity index (χ1v) is 7.22. The zero-order valence-corrected chi connectivity index (χ0v) is 11.9. The zero-order valence-electron chi connectivity index (χ0n) is 11.9. The lowest BCUT2D eigenvalue weighted by Gasteiger charge is -2.36. The lowest BCUT2D eigenvalue weighted by atomic mass is 9.80. The number of hydrogen-bond donors (Lipinski definition) is 3. The van der Waals surface area contributed by atoms with E-state index in [0.717, 1.165) is 55.8 Å². The third-order valence-electron chi connectivity index (χ3n) is 3.71. The van der Waals surface area contributed by atoms with Crippen LogP contribution in [0.3, 0.4) is 0 Å². The minimum atomic E-state index is -0.535. The van der Waals surface area contributed by atoms with E-state index >= 15 is 0 Å². The molecule has 0 aromatic carbocycles. The molecule has 0 bridgehead atoms. The van der Waals surface area contributed by atoms with E-state index in [-0.39, 0.29) is 0 Å². The topological polar surface area (TPSA) is 70.1 Å². The molecule has 1 aliphatic carbocycles. The quantitative estimate of drug-likeness (QED) is 0.704. The van der Waals surface area contributed by atoms with Crippen molar-refractivity contribution in [3.8, 4) is 0 Å². The van der Waals surface area contributed by atoms with Gasteiger partial charge in [0.05, 0.1) is 5.60 Å². The SMILES string of the molecule is CCCNc1ncnc(NCC2(O)CCC2)c1CC. The molecule has 0 spiro atoms. The highest BCUT2D eigenvalue weighted by Gasteiger charge is 2.34. The summed E-state index contributed by atoms with van der Waals surface area (Å²) < 4.78 is 0. The molecule has 0 amide bonds. The Morgan fingerprint density at radius 1 is 1.21 bits per heavy atom. The van der Waals surface area contributed by atoms with Crippen LogP contribution in [0, 0.1) is 0 Å². The van der Waals surface area contributed by atoms with Crippen LogP contribution in [0.4, 0.5) is 11.6 Å². The summed E-state index contributed by atoms with van der Waals surface area (Å²) in [7, 11) is 0. The molecule has 1 saturated carbocycles. The van der Waals surface area contributed by atoms with E-state index in [0.29, 0.717) is 6.54 Å². The van der Waals surface area contributed by atoms with Gasteiger partial charge < -0.3 is 15.7 Å². The van der Waals surface area contributed by atoms with Crippen molar-refractivity contribution in [3.05, 3.63) is 11.9 Å². The smallest absolute Gasteiger partial charge is 0.134 e. The fraction of sp³-hybridized carbons (Fsp3) is 0.714. The minimum Gasteiger partial charge on any atom is -0.388 e. The summed E-state index contributed by atoms with van der Waals surface area (Å²) in [5.41, 5.74) is 0.561. The van der Waals surface area contributed by atoms with Gasteiger partial charge in [0.2, 0.25) is 0 Å². The highest BCUT2D eigenvalue weighted by atomic mass is 16.3. The van der Waals surface area contributed by atoms with Gasteiger partial charge in [-0.25, -0.2) is 9.97 Å². The Labute approximate surface area is 114 Å². The van der Waals surface area contributed by atoms with E-state index in [9.17, 15) is 5.11 Å². The maximum atomic E-state index is 10.1. The molecule has 1 heterocycles. The normalized spacial score (nSPS) is 16.8. The Kier molecular flexibility index (Phi) is 4.58. The van der Waals surface area contributed by atoms with E-state index in [4.69, 9.17) is 0 Å². The second-order valence-electron chi connectivity index (χ2n) is 5.26. The van der Waals surface area contributed by atoms with Gasteiger partial charge in [0, 0.05) is 18.7 Å². The third-order valence-corrected chi connectivity index (χ3v) is 3.71. The number of hydrogen-bond acceptors (Lipinski definition) is 5. The molecule has 0 unspecified atom stereocenters. The molecular weight excluding hydrogens is 240 g/mol. The van der Waals surface area contributed by atoms with E-state index in [1.165, 1.54) is 0 Å². The van der Waals surface area contributed by atoms with Crippen molar-refractivity contribution in [1.29, 1.82) is 0 Å². The molecule has 1 aromatic heterocycles. The summed E-state index contributed by atoms with van der Waals surface area (Å²) in [5, 5.41) is 16.7. The number of anilines is 2. The molecule has 2 rings (SSSR count). The predicted molar refractivity (Wildman–Crippen MR) is 77.5 cm³/mol. The highest BCUT2D eigenvalue weighted by molar-refractivity contribution is 5.57. The van der Waals surface area contributed by atoms with E-state index in [2.05, 4.69) is 34.4 Å². The van der Waals surface area contributed by atoms with Gasteiger partial charge in [0.15, 0.2) is 0 Å². The second-order valence-corrected chi connectivity index (χ2v) is 5.26. The lowest BCUT2D eigenvalue weighted by Crippen LogP contribution is -2.43. The van der Waals surface area contributed by atoms with Crippen LogP contribution < -0.4 is 10.6 Å². The highest BCUT2D eigenvalue weighted by Crippen LogP contribution is 2.32. The summed E-state index contributed by atoms with van der Waals surface area (Å²) in [6, 6.07) is 0. The first kappa shape index (κ1) is 14.1. The molecule has 5 heteroatoms. The van der Waals surface area contributed by atoms with Crippen LogP contribution >= 0.6 is 0 Å². The molecule has 3 N–H and O–H groups in total. The predicted octanol–water partition coefficient (Wildman–Crippen LogP) is 2.19. The fourth-order valence-corrected chi connectivity index (χ4v) is 2.31. The average molecular weight is 264 g/mol. The first-order valence-electron chi connectivity index (χ1n) is 7.22. The van der Waals surface area contributed by atoms with Gasteiger partial charge in [-0.05, 0) is 32.1 Å². The van der Waals surface area contributed by atoms with Crippen LogP contribution in [0.5, 0.6) is 0 Å². The van der Waals surface area contributed by atoms with Crippen molar-refractivity contribution in [3.63, 3.8) is 0 Å². The van der Waals surface area contributed by atoms with E-state index in [1.807, 2.05) is 0 Å². The Morgan fingerprint density at radius 2 is 1.89 bits per heavy atom. The first-order chi connectivity index (χ1) is 9.18. The number of nitrogens with zero attached hydrogens (tertiary/aromatic N) is 2. The average Bonchev–Trinajstić information content (AvgIpc) is 2.40. The van der Waals surface area contributed by atoms with Crippen molar-refractivity contribution in [2.45, 2.75) is 51.6 Å². The molecular formula is C14H24N4O. The van der Waals surface area contributed by atoms with E-state index < -0.39 is 5.60 Å². The number of nitrogens with one attached hydrogen (secondary N) is 2. The van der Waals surface area contributed by atoms with Crippen molar-refractivity contribution in [2.24, 2.45) is 0 Å². The van der Waals surface area contributed by atoms with Gasteiger partial charge in [0.25, 0.3) is 0 Å². The van der Waals surface area contributed by atoms with Crippen molar-refractivity contribution < 1.29 is 5.11 Å². The van der Waals surface area contributed by atoms with Gasteiger partial charge in [0.1, 0.15) is 18.0 Å². The summed E-state index contributed by atoms with van der Waals surface area (Å²) in [4.78, 5) is 8.61. The molecule has 1 aromatic rings. The maximum absolute atomic E-state index is 10.1. The second kappa shape index (κ2) is 6.19.